The van der Waals surface area contributed by atoms with Crippen molar-refractivity contribution < 1.29 is 19.1 Å². The van der Waals surface area contributed by atoms with Gasteiger partial charge in [-0.05, 0) is 36.1 Å². The molecule has 0 radical (unpaired) electrons. The lowest BCUT2D eigenvalue weighted by atomic mass is 10.1. The average Bonchev–Trinajstić information content (AvgIpc) is 2.89. The lowest BCUT2D eigenvalue weighted by molar-refractivity contribution is -0.121. The van der Waals surface area contributed by atoms with Crippen molar-refractivity contribution in [2.24, 2.45) is 0 Å². The summed E-state index contributed by atoms with van der Waals surface area (Å²) in [5.41, 5.74) is 2.42. The van der Waals surface area contributed by atoms with Crippen molar-refractivity contribution in [2.75, 3.05) is 33.9 Å². The zero-order chi connectivity index (χ0) is 24.2. The van der Waals surface area contributed by atoms with Gasteiger partial charge in [0.25, 0.3) is 5.91 Å². The molecule has 1 N–H and O–H groups in total. The van der Waals surface area contributed by atoms with Gasteiger partial charge in [-0.3, -0.25) is 14.6 Å². The monoisotopic (exact) mass is 462 g/mol. The maximum atomic E-state index is 13.0. The number of ether oxygens (including phenoxy) is 2. The molecule has 0 aliphatic rings. The minimum Gasteiger partial charge on any atom is -0.493 e. The fourth-order valence-electron chi connectivity index (χ4n) is 3.50. The molecule has 0 fully saturated rings. The summed E-state index contributed by atoms with van der Waals surface area (Å²) in [4.78, 5) is 35.2. The first-order valence-corrected chi connectivity index (χ1v) is 11.2. The third kappa shape index (κ3) is 7.30. The van der Waals surface area contributed by atoms with Crippen LogP contribution in [0.4, 0.5) is 0 Å². The van der Waals surface area contributed by atoms with Crippen LogP contribution >= 0.6 is 0 Å². The second-order valence-corrected chi connectivity index (χ2v) is 7.66. The number of aromatic nitrogens is 2. The summed E-state index contributed by atoms with van der Waals surface area (Å²) in [5, 5.41) is 2.93. The number of hydrogen-bond acceptors (Lipinski definition) is 6. The van der Waals surface area contributed by atoms with E-state index in [1.807, 2.05) is 48.5 Å². The van der Waals surface area contributed by atoms with Gasteiger partial charge in [-0.25, -0.2) is 4.98 Å². The minimum absolute atomic E-state index is 0.114. The molecule has 3 aromatic rings. The van der Waals surface area contributed by atoms with E-state index in [4.69, 9.17) is 9.47 Å². The number of nitrogens with one attached hydrogen (secondary N) is 1. The summed E-state index contributed by atoms with van der Waals surface area (Å²) in [6.07, 6.45) is 6.00. The Morgan fingerprint density at radius 3 is 2.41 bits per heavy atom. The molecule has 0 saturated heterocycles. The van der Waals surface area contributed by atoms with Crippen LogP contribution in [0.25, 0.3) is 0 Å². The number of carbonyl (C=O) groups excluding carboxylic acids is 2. The Morgan fingerprint density at radius 1 is 0.912 bits per heavy atom. The predicted octanol–water partition coefficient (Wildman–Crippen LogP) is 2.93. The molecular formula is C26H30N4O4. The van der Waals surface area contributed by atoms with Gasteiger partial charge in [0.15, 0.2) is 11.5 Å². The van der Waals surface area contributed by atoms with Gasteiger partial charge in [-0.15, -0.1) is 0 Å². The zero-order valence-electron chi connectivity index (χ0n) is 19.6. The Balaban J connectivity index is 1.53. The summed E-state index contributed by atoms with van der Waals surface area (Å²) < 4.78 is 10.6. The first-order valence-electron chi connectivity index (χ1n) is 11.2. The molecule has 0 spiro atoms. The number of carbonyl (C=O) groups is 2. The lowest BCUT2D eigenvalue weighted by Crippen LogP contribution is -2.37. The van der Waals surface area contributed by atoms with Crippen molar-refractivity contribution in [2.45, 2.75) is 19.3 Å². The Labute approximate surface area is 199 Å². The van der Waals surface area contributed by atoms with E-state index in [0.29, 0.717) is 44.0 Å². The van der Waals surface area contributed by atoms with Gasteiger partial charge in [-0.2, -0.15) is 0 Å². The van der Waals surface area contributed by atoms with Crippen LogP contribution in [0, 0.1) is 0 Å². The fourth-order valence-corrected chi connectivity index (χ4v) is 3.50. The van der Waals surface area contributed by atoms with Crippen molar-refractivity contribution in [1.29, 1.82) is 0 Å². The van der Waals surface area contributed by atoms with Gasteiger partial charge >= 0.3 is 0 Å². The first kappa shape index (κ1) is 24.7. The quantitative estimate of drug-likeness (QED) is 0.445. The van der Waals surface area contributed by atoms with Crippen molar-refractivity contribution in [3.63, 3.8) is 0 Å². The predicted molar refractivity (Wildman–Crippen MR) is 129 cm³/mol. The molecule has 3 rings (SSSR count). The van der Waals surface area contributed by atoms with Crippen LogP contribution in [0.5, 0.6) is 11.5 Å². The van der Waals surface area contributed by atoms with Gasteiger partial charge in [-0.1, -0.05) is 36.4 Å². The van der Waals surface area contributed by atoms with Crippen molar-refractivity contribution in [3.8, 4) is 11.5 Å². The molecule has 0 saturated carbocycles. The highest BCUT2D eigenvalue weighted by atomic mass is 16.5. The van der Waals surface area contributed by atoms with Gasteiger partial charge in [0, 0.05) is 38.4 Å². The first-order chi connectivity index (χ1) is 16.6. The van der Waals surface area contributed by atoms with E-state index in [2.05, 4.69) is 15.3 Å². The van der Waals surface area contributed by atoms with Crippen LogP contribution in [-0.2, 0) is 17.6 Å². The maximum Gasteiger partial charge on any atom is 0.274 e. The summed E-state index contributed by atoms with van der Waals surface area (Å²) in [6.45, 7) is 1.26. The van der Waals surface area contributed by atoms with Crippen LogP contribution in [0.2, 0.25) is 0 Å². The molecule has 178 valence electrons. The summed E-state index contributed by atoms with van der Waals surface area (Å²) in [7, 11) is 3.19. The maximum absolute atomic E-state index is 13.0. The highest BCUT2D eigenvalue weighted by Gasteiger charge is 2.18. The van der Waals surface area contributed by atoms with E-state index in [1.165, 1.54) is 18.6 Å². The SMILES string of the molecule is COc1ccc(CCNC(=O)CCN(CCc2ccccc2)C(=O)c2cnccn2)cc1OC. The van der Waals surface area contributed by atoms with E-state index in [9.17, 15) is 9.59 Å². The number of nitrogens with zero attached hydrogens (tertiary/aromatic N) is 3. The molecule has 8 nitrogen and oxygen atoms in total. The summed E-state index contributed by atoms with van der Waals surface area (Å²) >= 11 is 0. The molecule has 0 unspecified atom stereocenters. The highest BCUT2D eigenvalue weighted by Crippen LogP contribution is 2.27. The Bertz CT molecular complexity index is 1060. The summed E-state index contributed by atoms with van der Waals surface area (Å²) in [6, 6.07) is 15.6. The largest absolute Gasteiger partial charge is 0.493 e. The second kappa shape index (κ2) is 12.9. The molecule has 0 bridgehead atoms. The van der Waals surface area contributed by atoms with E-state index < -0.39 is 0 Å². The molecule has 34 heavy (non-hydrogen) atoms. The van der Waals surface area contributed by atoms with Crippen LogP contribution in [0.3, 0.4) is 0 Å². The topological polar surface area (TPSA) is 93.7 Å². The van der Waals surface area contributed by atoms with Crippen molar-refractivity contribution in [1.82, 2.24) is 20.2 Å². The van der Waals surface area contributed by atoms with Crippen molar-refractivity contribution in [3.05, 3.63) is 83.9 Å². The molecule has 2 aromatic carbocycles. The standard InChI is InChI=1S/C26H30N4O4/c1-33-23-9-8-21(18-24(23)34-2)10-13-29-25(31)12-17-30(16-11-20-6-4-3-5-7-20)26(32)22-19-27-14-15-28-22/h3-9,14-15,18-19H,10-13,16-17H2,1-2H3,(H,29,31). The number of rotatable bonds is 12. The van der Waals surface area contributed by atoms with E-state index in [0.717, 1.165) is 11.1 Å². The van der Waals surface area contributed by atoms with E-state index in [-0.39, 0.29) is 23.9 Å². The van der Waals surface area contributed by atoms with Crippen LogP contribution in [-0.4, -0.2) is 60.5 Å². The normalized spacial score (nSPS) is 10.4. The molecule has 2 amide bonds. The second-order valence-electron chi connectivity index (χ2n) is 7.66. The molecule has 0 aliphatic carbocycles. The number of methoxy groups -OCH3 is 2. The van der Waals surface area contributed by atoms with Crippen molar-refractivity contribution >= 4 is 11.8 Å². The molecule has 8 heteroatoms. The molecule has 0 atom stereocenters. The molecule has 0 aliphatic heterocycles. The van der Waals surface area contributed by atoms with E-state index >= 15 is 0 Å². The number of benzene rings is 2. The third-order valence-electron chi connectivity index (χ3n) is 5.38. The van der Waals surface area contributed by atoms with Crippen LogP contribution in [0.15, 0.2) is 67.1 Å². The minimum atomic E-state index is -0.234. The van der Waals surface area contributed by atoms with Gasteiger partial charge in [0.05, 0.1) is 20.4 Å². The van der Waals surface area contributed by atoms with E-state index in [1.54, 1.807) is 19.1 Å². The lowest BCUT2D eigenvalue weighted by Gasteiger charge is -2.22. The Kier molecular flexibility index (Phi) is 9.40. The third-order valence-corrected chi connectivity index (χ3v) is 5.38. The zero-order valence-corrected chi connectivity index (χ0v) is 19.6. The van der Waals surface area contributed by atoms with Gasteiger partial charge in [0.2, 0.25) is 5.91 Å². The smallest absolute Gasteiger partial charge is 0.274 e. The number of hydrogen-bond donors (Lipinski definition) is 1. The summed E-state index contributed by atoms with van der Waals surface area (Å²) in [5.74, 6) is 0.973. The fraction of sp³-hybridized carbons (Fsp3) is 0.308. The average molecular weight is 463 g/mol. The molecular weight excluding hydrogens is 432 g/mol. The highest BCUT2D eigenvalue weighted by molar-refractivity contribution is 5.92. The Morgan fingerprint density at radius 2 is 1.71 bits per heavy atom. The molecule has 1 heterocycles. The van der Waals surface area contributed by atoms with Gasteiger partial charge in [0.1, 0.15) is 5.69 Å². The van der Waals surface area contributed by atoms with Gasteiger partial charge < -0.3 is 19.7 Å². The molecule has 1 aromatic heterocycles. The van der Waals surface area contributed by atoms with Crippen LogP contribution < -0.4 is 14.8 Å². The number of amides is 2. The Hall–Kier alpha value is -3.94. The van der Waals surface area contributed by atoms with Crippen LogP contribution in [0.1, 0.15) is 28.0 Å².